The third-order valence-corrected chi connectivity index (χ3v) is 5.26. The number of pyridine rings is 1. The molecule has 1 aromatic rings. The third-order valence-electron chi connectivity index (χ3n) is 5.26. The molecule has 0 aliphatic heterocycles. The summed E-state index contributed by atoms with van der Waals surface area (Å²) in [4.78, 5) is 8.32. The van der Waals surface area contributed by atoms with E-state index in [9.17, 15) is 4.39 Å². The molecule has 0 radical (unpaired) electrons. The quantitative estimate of drug-likeness (QED) is 0.594. The standard InChI is InChI=1S/C18H29FN4O/c1-5-18(6-2)15(11-16(18)24-7-3)23-17(20-4)22-12-14-13(19)9-8-10-21-14/h8-10,15-16H,5-7,11-12H2,1-4H3,(H2,20,22,23). The monoisotopic (exact) mass is 336 g/mol. The van der Waals surface area contributed by atoms with Crippen molar-refractivity contribution in [1.82, 2.24) is 15.6 Å². The van der Waals surface area contributed by atoms with Crippen LogP contribution >= 0.6 is 0 Å². The Balaban J connectivity index is 1.97. The van der Waals surface area contributed by atoms with Gasteiger partial charge in [-0.25, -0.2) is 4.39 Å². The Hall–Kier alpha value is -1.69. The average Bonchev–Trinajstić information content (AvgIpc) is 2.59. The molecule has 0 aromatic carbocycles. The van der Waals surface area contributed by atoms with Gasteiger partial charge in [0.05, 0.1) is 18.3 Å². The van der Waals surface area contributed by atoms with E-state index in [1.807, 2.05) is 6.92 Å². The zero-order valence-corrected chi connectivity index (χ0v) is 15.1. The molecule has 6 heteroatoms. The third kappa shape index (κ3) is 3.69. The summed E-state index contributed by atoms with van der Waals surface area (Å²) in [7, 11) is 1.72. The zero-order valence-electron chi connectivity index (χ0n) is 15.1. The fraction of sp³-hybridized carbons (Fsp3) is 0.667. The molecule has 1 aliphatic carbocycles. The van der Waals surface area contributed by atoms with E-state index >= 15 is 0 Å². The van der Waals surface area contributed by atoms with Gasteiger partial charge in [0, 0.05) is 31.3 Å². The molecule has 1 heterocycles. The highest BCUT2D eigenvalue weighted by atomic mass is 19.1. The molecule has 24 heavy (non-hydrogen) atoms. The van der Waals surface area contributed by atoms with Gasteiger partial charge in [0.2, 0.25) is 0 Å². The Labute approximate surface area is 144 Å². The van der Waals surface area contributed by atoms with Crippen LogP contribution < -0.4 is 10.6 Å². The summed E-state index contributed by atoms with van der Waals surface area (Å²) in [5.41, 5.74) is 0.516. The van der Waals surface area contributed by atoms with Crippen molar-refractivity contribution in [1.29, 1.82) is 0 Å². The van der Waals surface area contributed by atoms with Gasteiger partial charge in [-0.05, 0) is 38.3 Å². The van der Waals surface area contributed by atoms with Gasteiger partial charge in [-0.3, -0.25) is 9.98 Å². The molecule has 134 valence electrons. The fourth-order valence-electron chi connectivity index (χ4n) is 3.66. The first kappa shape index (κ1) is 18.6. The lowest BCUT2D eigenvalue weighted by Crippen LogP contribution is -2.65. The molecule has 5 nitrogen and oxygen atoms in total. The lowest BCUT2D eigenvalue weighted by atomic mass is 9.58. The molecule has 1 fully saturated rings. The van der Waals surface area contributed by atoms with E-state index in [1.54, 1.807) is 19.3 Å². The van der Waals surface area contributed by atoms with Gasteiger partial charge < -0.3 is 15.4 Å². The SMILES string of the molecule is CCOC1CC(NC(=NC)NCc2ncccc2F)C1(CC)CC. The van der Waals surface area contributed by atoms with E-state index in [-0.39, 0.29) is 11.2 Å². The summed E-state index contributed by atoms with van der Waals surface area (Å²) in [6.45, 7) is 7.51. The molecular formula is C18H29FN4O. The van der Waals surface area contributed by atoms with Crippen LogP contribution in [0.15, 0.2) is 23.3 Å². The Morgan fingerprint density at radius 1 is 1.42 bits per heavy atom. The number of hydrogen-bond acceptors (Lipinski definition) is 3. The Morgan fingerprint density at radius 2 is 2.17 bits per heavy atom. The maximum atomic E-state index is 13.7. The van der Waals surface area contributed by atoms with Crippen molar-refractivity contribution >= 4 is 5.96 Å². The second kappa shape index (κ2) is 8.42. The molecule has 0 saturated heterocycles. The second-order valence-electron chi connectivity index (χ2n) is 6.17. The average molecular weight is 336 g/mol. The highest BCUT2D eigenvalue weighted by Gasteiger charge is 2.53. The molecule has 2 atom stereocenters. The van der Waals surface area contributed by atoms with Crippen LogP contribution in [-0.2, 0) is 11.3 Å². The summed E-state index contributed by atoms with van der Waals surface area (Å²) < 4.78 is 19.6. The van der Waals surface area contributed by atoms with Crippen molar-refractivity contribution in [2.24, 2.45) is 10.4 Å². The molecule has 0 amide bonds. The predicted molar refractivity (Wildman–Crippen MR) is 94.4 cm³/mol. The van der Waals surface area contributed by atoms with Crippen molar-refractivity contribution in [2.45, 2.75) is 58.7 Å². The van der Waals surface area contributed by atoms with E-state index in [0.717, 1.165) is 25.9 Å². The van der Waals surface area contributed by atoms with Crippen molar-refractivity contribution in [2.75, 3.05) is 13.7 Å². The minimum atomic E-state index is -0.308. The van der Waals surface area contributed by atoms with E-state index in [1.165, 1.54) is 6.07 Å². The fourth-order valence-corrected chi connectivity index (χ4v) is 3.66. The summed E-state index contributed by atoms with van der Waals surface area (Å²) in [5.74, 6) is 0.364. The molecule has 2 rings (SSSR count). The van der Waals surface area contributed by atoms with E-state index in [4.69, 9.17) is 4.74 Å². The maximum Gasteiger partial charge on any atom is 0.191 e. The summed E-state index contributed by atoms with van der Waals surface area (Å²) in [6, 6.07) is 3.31. The van der Waals surface area contributed by atoms with Gasteiger partial charge in [-0.2, -0.15) is 0 Å². The first-order valence-corrected chi connectivity index (χ1v) is 8.79. The van der Waals surface area contributed by atoms with Gasteiger partial charge in [0.15, 0.2) is 5.96 Å². The van der Waals surface area contributed by atoms with Crippen LogP contribution in [-0.4, -0.2) is 36.7 Å². The minimum absolute atomic E-state index is 0.129. The Bertz CT molecular complexity index is 560. The van der Waals surface area contributed by atoms with Gasteiger partial charge in [0.25, 0.3) is 0 Å². The van der Waals surface area contributed by atoms with Crippen LogP contribution in [0, 0.1) is 11.2 Å². The van der Waals surface area contributed by atoms with E-state index in [2.05, 4.69) is 34.5 Å². The van der Waals surface area contributed by atoms with Crippen LogP contribution in [0.1, 0.15) is 45.7 Å². The normalized spacial score (nSPS) is 22.8. The number of hydrogen-bond donors (Lipinski definition) is 2. The number of aromatic nitrogens is 1. The topological polar surface area (TPSA) is 58.5 Å². The van der Waals surface area contributed by atoms with Crippen molar-refractivity contribution in [3.05, 3.63) is 29.8 Å². The van der Waals surface area contributed by atoms with Gasteiger partial charge in [-0.15, -0.1) is 0 Å². The largest absolute Gasteiger partial charge is 0.378 e. The Kier molecular flexibility index (Phi) is 6.54. The molecular weight excluding hydrogens is 307 g/mol. The highest BCUT2D eigenvalue weighted by Crippen LogP contribution is 2.48. The summed E-state index contributed by atoms with van der Waals surface area (Å²) in [5, 5.41) is 6.64. The van der Waals surface area contributed by atoms with Gasteiger partial charge >= 0.3 is 0 Å². The molecule has 2 N–H and O–H groups in total. The number of halogens is 1. The second-order valence-corrected chi connectivity index (χ2v) is 6.17. The van der Waals surface area contributed by atoms with Crippen molar-refractivity contribution in [3.8, 4) is 0 Å². The van der Waals surface area contributed by atoms with Gasteiger partial charge in [-0.1, -0.05) is 13.8 Å². The minimum Gasteiger partial charge on any atom is -0.378 e. The van der Waals surface area contributed by atoms with E-state index < -0.39 is 0 Å². The predicted octanol–water partition coefficient (Wildman–Crippen LogP) is 2.87. The highest BCUT2D eigenvalue weighted by molar-refractivity contribution is 5.80. The summed E-state index contributed by atoms with van der Waals surface area (Å²) >= 11 is 0. The molecule has 0 spiro atoms. The number of ether oxygens (including phenoxy) is 1. The van der Waals surface area contributed by atoms with Crippen LogP contribution in [0.25, 0.3) is 0 Å². The lowest BCUT2D eigenvalue weighted by Gasteiger charge is -2.55. The van der Waals surface area contributed by atoms with E-state index in [0.29, 0.717) is 30.3 Å². The number of aliphatic imine (C=N–C) groups is 1. The van der Waals surface area contributed by atoms with Crippen LogP contribution in [0.2, 0.25) is 0 Å². The van der Waals surface area contributed by atoms with Gasteiger partial charge in [0.1, 0.15) is 5.82 Å². The molecule has 1 aliphatic rings. The maximum absolute atomic E-state index is 13.7. The van der Waals surface area contributed by atoms with Crippen LogP contribution in [0.4, 0.5) is 4.39 Å². The zero-order chi connectivity index (χ0) is 17.6. The van der Waals surface area contributed by atoms with Crippen molar-refractivity contribution < 1.29 is 9.13 Å². The van der Waals surface area contributed by atoms with Crippen LogP contribution in [0.5, 0.6) is 0 Å². The smallest absolute Gasteiger partial charge is 0.191 e. The number of nitrogens with one attached hydrogen (secondary N) is 2. The number of rotatable bonds is 7. The van der Waals surface area contributed by atoms with Crippen LogP contribution in [0.3, 0.4) is 0 Å². The first-order valence-electron chi connectivity index (χ1n) is 8.79. The molecule has 0 bridgehead atoms. The summed E-state index contributed by atoms with van der Waals surface area (Å²) in [6.07, 6.45) is 4.96. The number of nitrogens with zero attached hydrogens (tertiary/aromatic N) is 2. The lowest BCUT2D eigenvalue weighted by molar-refractivity contribution is -0.133. The molecule has 2 unspecified atom stereocenters. The number of guanidine groups is 1. The Morgan fingerprint density at radius 3 is 2.75 bits per heavy atom. The molecule has 1 saturated carbocycles. The molecule has 1 aromatic heterocycles. The van der Waals surface area contributed by atoms with Crippen molar-refractivity contribution in [3.63, 3.8) is 0 Å². The first-order chi connectivity index (χ1) is 11.6.